The van der Waals surface area contributed by atoms with Gasteiger partial charge in [0.15, 0.2) is 9.84 Å². The smallest absolute Gasteiger partial charge is 0.156 e. The topological polar surface area (TPSA) is 43.4 Å². The van der Waals surface area contributed by atoms with E-state index >= 15 is 0 Å². The Labute approximate surface area is 106 Å². The van der Waals surface area contributed by atoms with E-state index in [1.165, 1.54) is 0 Å². The van der Waals surface area contributed by atoms with Crippen LogP contribution in [-0.4, -0.2) is 37.5 Å². The molecule has 0 bridgehead atoms. The van der Waals surface area contributed by atoms with Gasteiger partial charge in [-0.3, -0.25) is 0 Å². The molecule has 5 heteroatoms. The van der Waals surface area contributed by atoms with Crippen LogP contribution in [0.1, 0.15) is 32.6 Å². The van der Waals surface area contributed by atoms with Gasteiger partial charge in [-0.15, -0.1) is 0 Å². The molecule has 2 fully saturated rings. The lowest BCUT2D eigenvalue weighted by atomic mass is 9.72. The molecular formula is C11H19BrO3S. The highest BCUT2D eigenvalue weighted by Crippen LogP contribution is 2.44. The number of sulfone groups is 1. The molecule has 1 aliphatic carbocycles. The van der Waals surface area contributed by atoms with Crippen molar-refractivity contribution in [3.8, 4) is 0 Å². The molecule has 3 nitrogen and oxygen atoms in total. The minimum atomic E-state index is -2.99. The van der Waals surface area contributed by atoms with Crippen LogP contribution in [0, 0.1) is 5.41 Å². The van der Waals surface area contributed by atoms with E-state index in [1.807, 2.05) is 6.92 Å². The third kappa shape index (κ3) is 2.31. The molecule has 1 heterocycles. The highest BCUT2D eigenvalue weighted by molar-refractivity contribution is 9.09. The van der Waals surface area contributed by atoms with Gasteiger partial charge < -0.3 is 4.74 Å². The average Bonchev–Trinajstić information content (AvgIpc) is 2.59. The van der Waals surface area contributed by atoms with Gasteiger partial charge in [-0.25, -0.2) is 8.42 Å². The van der Waals surface area contributed by atoms with Crippen LogP contribution in [0.5, 0.6) is 0 Å². The number of alkyl halides is 1. The summed E-state index contributed by atoms with van der Waals surface area (Å²) in [7, 11) is -2.99. The molecule has 2 unspecified atom stereocenters. The average molecular weight is 311 g/mol. The summed E-state index contributed by atoms with van der Waals surface area (Å²) < 4.78 is 30.0. The Morgan fingerprint density at radius 3 is 2.50 bits per heavy atom. The minimum absolute atomic E-state index is 0.0150. The zero-order chi connectivity index (χ0) is 11.8. The summed E-state index contributed by atoms with van der Waals surface area (Å²) in [4.78, 5) is 0. The molecule has 0 amide bonds. The Kier molecular flexibility index (Phi) is 3.67. The standard InChI is InChI=1S/C11H19BrO3S/c1-9-10(3-6-15-9)16(13,14)8-11(7-12)4-2-5-11/h9-10H,2-8H2,1H3. The molecule has 2 rings (SSSR count). The predicted molar refractivity (Wildman–Crippen MR) is 67.7 cm³/mol. The lowest BCUT2D eigenvalue weighted by molar-refractivity contribution is 0.126. The predicted octanol–water partition coefficient (Wildman–Crippen LogP) is 2.14. The Morgan fingerprint density at radius 1 is 1.44 bits per heavy atom. The molecular weight excluding hydrogens is 292 g/mol. The van der Waals surface area contributed by atoms with E-state index in [4.69, 9.17) is 4.74 Å². The van der Waals surface area contributed by atoms with Crippen LogP contribution >= 0.6 is 15.9 Å². The quantitative estimate of drug-likeness (QED) is 0.747. The highest BCUT2D eigenvalue weighted by atomic mass is 79.9. The van der Waals surface area contributed by atoms with Gasteiger partial charge in [0.2, 0.25) is 0 Å². The van der Waals surface area contributed by atoms with Gasteiger partial charge in [-0.2, -0.15) is 0 Å². The second kappa shape index (κ2) is 4.58. The summed E-state index contributed by atoms with van der Waals surface area (Å²) in [5.74, 6) is 0.337. The zero-order valence-corrected chi connectivity index (χ0v) is 12.0. The van der Waals surface area contributed by atoms with Crippen molar-refractivity contribution >= 4 is 25.8 Å². The van der Waals surface area contributed by atoms with Crippen LogP contribution < -0.4 is 0 Å². The van der Waals surface area contributed by atoms with Gasteiger partial charge in [0.1, 0.15) is 0 Å². The molecule has 0 aromatic carbocycles. The molecule has 0 aromatic heterocycles. The van der Waals surface area contributed by atoms with Gasteiger partial charge >= 0.3 is 0 Å². The Bertz CT molecular complexity index is 343. The monoisotopic (exact) mass is 310 g/mol. The molecule has 0 spiro atoms. The Morgan fingerprint density at radius 2 is 2.12 bits per heavy atom. The summed E-state index contributed by atoms with van der Waals surface area (Å²) in [6, 6.07) is 0. The van der Waals surface area contributed by atoms with Crippen LogP contribution in [0.15, 0.2) is 0 Å². The van der Waals surface area contributed by atoms with E-state index in [-0.39, 0.29) is 16.8 Å². The number of hydrogen-bond acceptors (Lipinski definition) is 3. The SMILES string of the molecule is CC1OCCC1S(=O)(=O)CC1(CBr)CCC1. The van der Waals surface area contributed by atoms with Crippen molar-refractivity contribution in [2.75, 3.05) is 17.7 Å². The fourth-order valence-corrected chi connectivity index (χ4v) is 6.31. The molecule has 16 heavy (non-hydrogen) atoms. The van der Waals surface area contributed by atoms with Crippen LogP contribution in [0.3, 0.4) is 0 Å². The second-order valence-electron chi connectivity index (χ2n) is 5.20. The van der Waals surface area contributed by atoms with E-state index in [9.17, 15) is 8.42 Å². The van der Waals surface area contributed by atoms with Crippen molar-refractivity contribution in [2.45, 2.75) is 44.0 Å². The Balaban J connectivity index is 2.07. The van der Waals surface area contributed by atoms with Crippen molar-refractivity contribution < 1.29 is 13.2 Å². The second-order valence-corrected chi connectivity index (χ2v) is 7.98. The first kappa shape index (κ1) is 12.8. The molecule has 2 aliphatic rings. The summed E-state index contributed by atoms with van der Waals surface area (Å²) in [6.07, 6.45) is 3.79. The molecule has 1 saturated heterocycles. The van der Waals surface area contributed by atoms with Crippen molar-refractivity contribution in [3.63, 3.8) is 0 Å². The van der Waals surface area contributed by atoms with E-state index in [0.29, 0.717) is 18.8 Å². The number of hydrogen-bond donors (Lipinski definition) is 0. The number of ether oxygens (including phenoxy) is 1. The maximum atomic E-state index is 12.3. The highest BCUT2D eigenvalue weighted by Gasteiger charge is 2.44. The zero-order valence-electron chi connectivity index (χ0n) is 9.62. The molecule has 0 radical (unpaired) electrons. The van der Waals surface area contributed by atoms with Crippen LogP contribution in [0.25, 0.3) is 0 Å². The summed E-state index contributed by atoms with van der Waals surface area (Å²) in [5.41, 5.74) is 0.0150. The van der Waals surface area contributed by atoms with E-state index < -0.39 is 9.84 Å². The number of halogens is 1. The minimum Gasteiger partial charge on any atom is -0.377 e. The normalized spacial score (nSPS) is 33.6. The first-order valence-corrected chi connectivity index (χ1v) is 8.72. The van der Waals surface area contributed by atoms with Crippen molar-refractivity contribution in [3.05, 3.63) is 0 Å². The number of rotatable bonds is 4. The van der Waals surface area contributed by atoms with Gasteiger partial charge in [0, 0.05) is 11.9 Å². The van der Waals surface area contributed by atoms with Crippen molar-refractivity contribution in [1.29, 1.82) is 0 Å². The lowest BCUT2D eigenvalue weighted by Crippen LogP contribution is -2.42. The summed E-state index contributed by atoms with van der Waals surface area (Å²) in [5, 5.41) is 0.533. The third-order valence-electron chi connectivity index (χ3n) is 3.97. The van der Waals surface area contributed by atoms with E-state index in [1.54, 1.807) is 0 Å². The largest absolute Gasteiger partial charge is 0.377 e. The maximum absolute atomic E-state index is 12.3. The van der Waals surface area contributed by atoms with Crippen LogP contribution in [-0.2, 0) is 14.6 Å². The molecule has 1 saturated carbocycles. The molecule has 0 N–H and O–H groups in total. The Hall–Kier alpha value is 0.390. The molecule has 1 aliphatic heterocycles. The fourth-order valence-electron chi connectivity index (χ4n) is 2.71. The lowest BCUT2D eigenvalue weighted by Gasteiger charge is -2.40. The van der Waals surface area contributed by atoms with Gasteiger partial charge in [0.05, 0.1) is 17.1 Å². The fraction of sp³-hybridized carbons (Fsp3) is 1.00. The summed E-state index contributed by atoms with van der Waals surface area (Å²) >= 11 is 3.46. The molecule has 0 aromatic rings. The van der Waals surface area contributed by atoms with Crippen molar-refractivity contribution in [2.24, 2.45) is 5.41 Å². The van der Waals surface area contributed by atoms with Gasteiger partial charge in [-0.1, -0.05) is 22.4 Å². The first-order valence-electron chi connectivity index (χ1n) is 5.88. The van der Waals surface area contributed by atoms with Crippen LogP contribution in [0.4, 0.5) is 0 Å². The summed E-state index contributed by atoms with van der Waals surface area (Å²) in [6.45, 7) is 2.46. The van der Waals surface area contributed by atoms with Crippen LogP contribution in [0.2, 0.25) is 0 Å². The molecule has 94 valence electrons. The van der Waals surface area contributed by atoms with Gasteiger partial charge in [-0.05, 0) is 31.6 Å². The maximum Gasteiger partial charge on any atom is 0.156 e. The van der Waals surface area contributed by atoms with Crippen molar-refractivity contribution in [1.82, 2.24) is 0 Å². The first-order chi connectivity index (χ1) is 7.49. The van der Waals surface area contributed by atoms with E-state index in [0.717, 1.165) is 24.6 Å². The molecule has 2 atom stereocenters. The van der Waals surface area contributed by atoms with E-state index in [2.05, 4.69) is 15.9 Å². The van der Waals surface area contributed by atoms with Gasteiger partial charge in [0.25, 0.3) is 0 Å². The third-order valence-corrected chi connectivity index (χ3v) is 7.72.